The molecule has 10 heteroatoms. The highest BCUT2D eigenvalue weighted by molar-refractivity contribution is 7.92. The van der Waals surface area contributed by atoms with Crippen LogP contribution in [0.5, 0.6) is 5.75 Å². The van der Waals surface area contributed by atoms with Crippen molar-refractivity contribution in [1.82, 2.24) is 10.6 Å². The molecule has 0 radical (unpaired) electrons. The summed E-state index contributed by atoms with van der Waals surface area (Å²) in [4.78, 5) is 26.6. The van der Waals surface area contributed by atoms with Gasteiger partial charge >= 0.3 is 0 Å². The molecule has 1 aliphatic heterocycles. The van der Waals surface area contributed by atoms with Crippen molar-refractivity contribution in [3.63, 3.8) is 0 Å². The second-order valence-electron chi connectivity index (χ2n) is 9.00. The Morgan fingerprint density at radius 1 is 0.946 bits per heavy atom. The lowest BCUT2D eigenvalue weighted by Crippen LogP contribution is -2.39. The number of aliphatic hydroxyl groups is 2. The number of aromatic hydroxyl groups is 1. The molecule has 1 aliphatic rings. The number of amides is 2. The van der Waals surface area contributed by atoms with Crippen LogP contribution in [0.1, 0.15) is 37.9 Å². The minimum Gasteiger partial charge on any atom is -0.581 e. The van der Waals surface area contributed by atoms with Crippen LogP contribution >= 0.6 is 0 Å². The number of hydrogen-bond donors (Lipinski definition) is 3. The fourth-order valence-electron chi connectivity index (χ4n) is 4.10. The van der Waals surface area contributed by atoms with E-state index in [1.807, 2.05) is 54.6 Å². The van der Waals surface area contributed by atoms with Crippen molar-refractivity contribution in [3.05, 3.63) is 95.1 Å². The van der Waals surface area contributed by atoms with Gasteiger partial charge in [-0.3, -0.25) is 13.9 Å². The van der Waals surface area contributed by atoms with Gasteiger partial charge in [0.05, 0.1) is 24.6 Å². The quantitative estimate of drug-likeness (QED) is 0.451. The molecule has 1 heterocycles. The monoisotopic (exact) mass is 524 g/mol. The summed E-state index contributed by atoms with van der Waals surface area (Å²) in [6.45, 7) is -0.0466. The van der Waals surface area contributed by atoms with Crippen LogP contribution in [-0.4, -0.2) is 62.6 Å². The number of aliphatic hydroxyl groups excluding tert-OH is 1. The maximum Gasteiger partial charge on any atom is 0.254 e. The molecular formula is C27H30N3O6S+. The summed E-state index contributed by atoms with van der Waals surface area (Å²) in [5.41, 5.74) is 2.11. The molecule has 2 amide bonds. The molecule has 0 fully saturated rings. The van der Waals surface area contributed by atoms with Crippen LogP contribution in [0.4, 0.5) is 5.69 Å². The Morgan fingerprint density at radius 3 is 2.27 bits per heavy atom. The Hall–Kier alpha value is -3.89. The number of carbonyl (C=O) groups excluding carboxylic acids is 2. The average Bonchev–Trinajstić information content (AvgIpc) is 2.89. The van der Waals surface area contributed by atoms with Crippen molar-refractivity contribution < 1.29 is 27.9 Å². The highest BCUT2D eigenvalue weighted by Crippen LogP contribution is 2.24. The van der Waals surface area contributed by atoms with Crippen molar-refractivity contribution >= 4 is 27.5 Å². The van der Waals surface area contributed by atoms with Gasteiger partial charge in [-0.1, -0.05) is 42.5 Å². The van der Waals surface area contributed by atoms with E-state index in [0.29, 0.717) is 12.2 Å². The van der Waals surface area contributed by atoms with E-state index >= 15 is 0 Å². The molecule has 194 valence electrons. The van der Waals surface area contributed by atoms with E-state index in [4.69, 9.17) is 4.74 Å². The topological polar surface area (TPSA) is 129 Å². The zero-order valence-corrected chi connectivity index (χ0v) is 21.4. The smallest absolute Gasteiger partial charge is 0.254 e. The molecule has 0 saturated carbocycles. The molecule has 3 aromatic rings. The summed E-state index contributed by atoms with van der Waals surface area (Å²) in [6.07, 6.45) is 1.40. The zero-order chi connectivity index (χ0) is 26.6. The third kappa shape index (κ3) is 6.46. The van der Waals surface area contributed by atoms with Crippen molar-refractivity contribution in [3.8, 4) is 5.75 Å². The molecule has 0 spiro atoms. The van der Waals surface area contributed by atoms with E-state index in [1.165, 1.54) is 25.2 Å². The SMILES string of the molecule is CN(c1cc2cc(c1)C(=O)NC(c1ccccc1)C[OH+]c1cccc(c1)CC(CO)NC2=O)S(C)(=O)=O. The third-order valence-electron chi connectivity index (χ3n) is 6.22. The Morgan fingerprint density at radius 2 is 1.62 bits per heavy atom. The van der Waals surface area contributed by atoms with Crippen molar-refractivity contribution in [2.45, 2.75) is 18.5 Å². The van der Waals surface area contributed by atoms with Crippen LogP contribution in [0.15, 0.2) is 72.8 Å². The number of rotatable bonds is 4. The minimum atomic E-state index is -3.66. The Kier molecular flexibility index (Phi) is 7.80. The number of hydrogen-bond acceptors (Lipinski definition) is 5. The van der Waals surface area contributed by atoms with E-state index in [0.717, 1.165) is 21.7 Å². The average molecular weight is 525 g/mol. The fraction of sp³-hybridized carbons (Fsp3) is 0.259. The van der Waals surface area contributed by atoms with Crippen LogP contribution in [0.3, 0.4) is 0 Å². The number of ether oxygens (including phenoxy) is 1. The third-order valence-corrected chi connectivity index (χ3v) is 7.42. The van der Waals surface area contributed by atoms with Crippen LogP contribution < -0.4 is 14.9 Å². The fourth-order valence-corrected chi connectivity index (χ4v) is 4.59. The molecule has 37 heavy (non-hydrogen) atoms. The first-order valence-electron chi connectivity index (χ1n) is 11.8. The predicted molar refractivity (Wildman–Crippen MR) is 141 cm³/mol. The van der Waals surface area contributed by atoms with Crippen molar-refractivity contribution in [1.29, 1.82) is 0 Å². The van der Waals surface area contributed by atoms with E-state index in [2.05, 4.69) is 10.6 Å². The number of nitrogens with one attached hydrogen (secondary N) is 2. The Bertz CT molecular complexity index is 1390. The highest BCUT2D eigenvalue weighted by Gasteiger charge is 2.24. The lowest BCUT2D eigenvalue weighted by Gasteiger charge is -2.21. The van der Waals surface area contributed by atoms with Gasteiger partial charge in [0.25, 0.3) is 17.6 Å². The summed E-state index contributed by atoms with van der Waals surface area (Å²) in [5.74, 6) is -0.306. The Labute approximate surface area is 216 Å². The van der Waals surface area contributed by atoms with Crippen LogP contribution in [0.2, 0.25) is 0 Å². The molecule has 4 rings (SSSR count). The van der Waals surface area contributed by atoms with Crippen molar-refractivity contribution in [2.24, 2.45) is 0 Å². The maximum atomic E-state index is 13.4. The van der Waals surface area contributed by atoms with Gasteiger partial charge in [0.2, 0.25) is 10.0 Å². The summed E-state index contributed by atoms with van der Waals surface area (Å²) >= 11 is 0. The molecule has 0 aromatic heterocycles. The molecule has 2 unspecified atom stereocenters. The second kappa shape index (κ2) is 11.0. The molecule has 4 N–H and O–H groups in total. The number of sulfonamides is 1. The lowest BCUT2D eigenvalue weighted by atomic mass is 10.0. The van der Waals surface area contributed by atoms with Gasteiger partial charge in [-0.05, 0) is 35.7 Å². The van der Waals surface area contributed by atoms with Gasteiger partial charge in [-0.15, -0.1) is 0 Å². The van der Waals surface area contributed by atoms with Crippen LogP contribution in [-0.2, 0) is 16.4 Å². The molecule has 3 aromatic carbocycles. The number of benzene rings is 3. The van der Waals surface area contributed by atoms with Gasteiger partial charge in [0.1, 0.15) is 6.04 Å². The first kappa shape index (κ1) is 26.2. The van der Waals surface area contributed by atoms with Crippen molar-refractivity contribution in [2.75, 3.05) is 30.8 Å². The maximum absolute atomic E-state index is 13.4. The standard InChI is InChI=1S/C27H29N3O6S/c1-30(37(2,34)35)23-14-20-13-21(15-23)27(33)29-25(19-8-4-3-5-9-19)17-36-24-10-6-7-18(12-24)11-22(16-31)28-26(20)32/h3-10,12-15,22,25,31H,11,16-17H2,1-2H3,(H,28,32)(H,29,33)/p+1. The van der Waals surface area contributed by atoms with Crippen LogP contribution in [0, 0.1) is 0 Å². The number of nitrogens with zero attached hydrogens (tertiary/aromatic N) is 1. The largest absolute Gasteiger partial charge is 0.581 e. The first-order chi connectivity index (χ1) is 17.6. The van der Waals surface area contributed by atoms with E-state index < -0.39 is 33.9 Å². The minimum absolute atomic E-state index is 0.0983. The number of anilines is 1. The molecule has 0 aliphatic carbocycles. The Balaban J connectivity index is 1.81. The van der Waals surface area contributed by atoms with E-state index in [9.17, 15) is 23.1 Å². The molecule has 0 saturated heterocycles. The summed E-state index contributed by atoms with van der Waals surface area (Å²) in [6, 6.07) is 20.1. The van der Waals surface area contributed by atoms with Gasteiger partial charge in [0.15, 0.2) is 6.61 Å². The summed E-state index contributed by atoms with van der Waals surface area (Å²) < 4.78 is 30.2. The van der Waals surface area contributed by atoms with Gasteiger partial charge in [-0.2, -0.15) is 0 Å². The first-order valence-corrected chi connectivity index (χ1v) is 13.6. The molecule has 2 atom stereocenters. The second-order valence-corrected chi connectivity index (χ2v) is 11.0. The molecular weight excluding hydrogens is 494 g/mol. The lowest BCUT2D eigenvalue weighted by molar-refractivity contribution is 0.0451. The summed E-state index contributed by atoms with van der Waals surface area (Å²) in [7, 11) is -2.31. The zero-order valence-electron chi connectivity index (χ0n) is 20.6. The van der Waals surface area contributed by atoms with Gasteiger partial charge in [0, 0.05) is 30.3 Å². The highest BCUT2D eigenvalue weighted by atomic mass is 32.2. The number of carbonyl (C=O) groups is 2. The van der Waals surface area contributed by atoms with Crippen LogP contribution in [0.25, 0.3) is 0 Å². The van der Waals surface area contributed by atoms with Gasteiger partial charge in [-0.25, -0.2) is 8.42 Å². The van der Waals surface area contributed by atoms with Gasteiger partial charge < -0.3 is 20.5 Å². The normalized spacial score (nSPS) is 18.5. The van der Waals surface area contributed by atoms with E-state index in [-0.39, 0.29) is 30.0 Å². The summed E-state index contributed by atoms with van der Waals surface area (Å²) in [5, 5.41) is 15.7. The molecule has 4 bridgehead atoms. The predicted octanol–water partition coefficient (Wildman–Crippen LogP) is 2.14. The van der Waals surface area contributed by atoms with E-state index in [1.54, 1.807) is 0 Å². The molecule has 9 nitrogen and oxygen atoms in total. The number of fused-ring (bicyclic) bond motifs is 4.